The van der Waals surface area contributed by atoms with Crippen molar-refractivity contribution in [3.05, 3.63) is 0 Å². The van der Waals surface area contributed by atoms with Crippen molar-refractivity contribution in [1.29, 1.82) is 0 Å². The molecule has 10 heavy (non-hydrogen) atoms. The van der Waals surface area contributed by atoms with Gasteiger partial charge < -0.3 is 4.74 Å². The quantitative estimate of drug-likeness (QED) is 0.576. The minimum atomic E-state index is 0.203. The van der Waals surface area contributed by atoms with Crippen LogP contribution in [0.1, 0.15) is 40.0 Å². The Morgan fingerprint density at radius 1 is 1.60 bits per heavy atom. The molecular weight excluding hydrogens is 124 g/mol. The number of hydrogen-bond acceptors (Lipinski definition) is 1. The Hall–Kier alpha value is -0.0400. The third kappa shape index (κ3) is 1.34. The molecule has 0 amide bonds. The predicted molar refractivity (Wildman–Crippen MR) is 43.0 cm³/mol. The van der Waals surface area contributed by atoms with Crippen molar-refractivity contribution >= 4 is 0 Å². The smallest absolute Gasteiger partial charge is 0.0680 e. The molecule has 0 N–H and O–H groups in total. The van der Waals surface area contributed by atoms with E-state index in [0.29, 0.717) is 0 Å². The molecule has 0 saturated carbocycles. The van der Waals surface area contributed by atoms with Gasteiger partial charge in [-0.1, -0.05) is 20.3 Å². The molecule has 0 bridgehead atoms. The van der Waals surface area contributed by atoms with Crippen molar-refractivity contribution < 1.29 is 4.74 Å². The van der Waals surface area contributed by atoms with Gasteiger partial charge in [0.05, 0.1) is 5.60 Å². The van der Waals surface area contributed by atoms with Gasteiger partial charge in [-0.2, -0.15) is 0 Å². The SMILES string of the molecule is CCC(C)C1(C)CCCO1. The summed E-state index contributed by atoms with van der Waals surface area (Å²) < 4.78 is 5.69. The van der Waals surface area contributed by atoms with Crippen LogP contribution in [-0.2, 0) is 4.74 Å². The van der Waals surface area contributed by atoms with Crippen LogP contribution >= 0.6 is 0 Å². The summed E-state index contributed by atoms with van der Waals surface area (Å²) in [5, 5.41) is 0. The zero-order valence-corrected chi connectivity index (χ0v) is 7.31. The van der Waals surface area contributed by atoms with Gasteiger partial charge in [0.1, 0.15) is 0 Å². The number of ether oxygens (including phenoxy) is 1. The van der Waals surface area contributed by atoms with Crippen LogP contribution in [0.5, 0.6) is 0 Å². The van der Waals surface area contributed by atoms with E-state index in [1.807, 2.05) is 0 Å². The maximum atomic E-state index is 5.69. The first-order chi connectivity index (χ1) is 4.69. The second kappa shape index (κ2) is 2.91. The molecule has 1 nitrogen and oxygen atoms in total. The third-order valence-electron chi connectivity index (χ3n) is 2.90. The molecule has 1 aliphatic rings. The van der Waals surface area contributed by atoms with E-state index in [4.69, 9.17) is 4.74 Å². The molecule has 2 unspecified atom stereocenters. The van der Waals surface area contributed by atoms with Crippen LogP contribution in [0.25, 0.3) is 0 Å². The van der Waals surface area contributed by atoms with Crippen molar-refractivity contribution in [2.75, 3.05) is 6.61 Å². The second-order valence-electron chi connectivity index (χ2n) is 3.57. The average molecular weight is 142 g/mol. The highest BCUT2D eigenvalue weighted by Crippen LogP contribution is 2.33. The van der Waals surface area contributed by atoms with E-state index in [-0.39, 0.29) is 5.60 Å². The second-order valence-corrected chi connectivity index (χ2v) is 3.57. The van der Waals surface area contributed by atoms with Crippen molar-refractivity contribution in [3.63, 3.8) is 0 Å². The van der Waals surface area contributed by atoms with Crippen LogP contribution in [0.2, 0.25) is 0 Å². The van der Waals surface area contributed by atoms with Crippen LogP contribution in [0.3, 0.4) is 0 Å². The Morgan fingerprint density at radius 2 is 2.30 bits per heavy atom. The van der Waals surface area contributed by atoms with E-state index in [2.05, 4.69) is 20.8 Å². The standard InChI is InChI=1S/C9H18O/c1-4-8(2)9(3)6-5-7-10-9/h8H,4-7H2,1-3H3. The van der Waals surface area contributed by atoms with Crippen molar-refractivity contribution in [2.24, 2.45) is 5.92 Å². The monoisotopic (exact) mass is 142 g/mol. The molecule has 60 valence electrons. The van der Waals surface area contributed by atoms with E-state index in [9.17, 15) is 0 Å². The Bertz CT molecular complexity index is 103. The molecule has 0 aliphatic carbocycles. The first kappa shape index (κ1) is 8.06. The first-order valence-electron chi connectivity index (χ1n) is 4.33. The summed E-state index contributed by atoms with van der Waals surface area (Å²) in [6, 6.07) is 0. The molecule has 1 heteroatoms. The summed E-state index contributed by atoms with van der Waals surface area (Å²) in [6.45, 7) is 7.73. The van der Waals surface area contributed by atoms with E-state index in [0.717, 1.165) is 12.5 Å². The van der Waals surface area contributed by atoms with Crippen LogP contribution in [0.4, 0.5) is 0 Å². The zero-order valence-electron chi connectivity index (χ0n) is 7.31. The average Bonchev–Trinajstić information content (AvgIpc) is 2.36. The van der Waals surface area contributed by atoms with E-state index >= 15 is 0 Å². The van der Waals surface area contributed by atoms with E-state index in [1.165, 1.54) is 19.3 Å². The molecular formula is C9H18O. The highest BCUT2D eigenvalue weighted by atomic mass is 16.5. The van der Waals surface area contributed by atoms with Crippen molar-refractivity contribution in [3.8, 4) is 0 Å². The van der Waals surface area contributed by atoms with Gasteiger partial charge in [-0.25, -0.2) is 0 Å². The van der Waals surface area contributed by atoms with Crippen LogP contribution in [0.15, 0.2) is 0 Å². The lowest BCUT2D eigenvalue weighted by Gasteiger charge is -2.29. The van der Waals surface area contributed by atoms with Gasteiger partial charge >= 0.3 is 0 Å². The highest BCUT2D eigenvalue weighted by Gasteiger charge is 2.34. The van der Waals surface area contributed by atoms with Gasteiger partial charge in [0, 0.05) is 6.61 Å². The molecule has 0 aromatic rings. The van der Waals surface area contributed by atoms with Gasteiger partial charge in [-0.3, -0.25) is 0 Å². The fraction of sp³-hybridized carbons (Fsp3) is 1.00. The topological polar surface area (TPSA) is 9.23 Å². The predicted octanol–water partition coefficient (Wildman–Crippen LogP) is 2.60. The van der Waals surface area contributed by atoms with Crippen LogP contribution in [-0.4, -0.2) is 12.2 Å². The Labute approximate surface area is 63.8 Å². The Kier molecular flexibility index (Phi) is 2.35. The lowest BCUT2D eigenvalue weighted by Crippen LogP contribution is -2.31. The van der Waals surface area contributed by atoms with Gasteiger partial charge in [-0.05, 0) is 25.7 Å². The summed E-state index contributed by atoms with van der Waals surface area (Å²) >= 11 is 0. The van der Waals surface area contributed by atoms with E-state index < -0.39 is 0 Å². The van der Waals surface area contributed by atoms with Crippen molar-refractivity contribution in [2.45, 2.75) is 45.6 Å². The lowest BCUT2D eigenvalue weighted by molar-refractivity contribution is -0.0240. The summed E-state index contributed by atoms with van der Waals surface area (Å²) in [5.74, 6) is 0.718. The summed E-state index contributed by atoms with van der Waals surface area (Å²) in [5.41, 5.74) is 0.203. The van der Waals surface area contributed by atoms with E-state index in [1.54, 1.807) is 0 Å². The molecule has 1 saturated heterocycles. The lowest BCUT2D eigenvalue weighted by atomic mass is 9.86. The molecule has 2 atom stereocenters. The molecule has 1 aliphatic heterocycles. The van der Waals surface area contributed by atoms with Gasteiger partial charge in [0.25, 0.3) is 0 Å². The maximum absolute atomic E-state index is 5.69. The first-order valence-corrected chi connectivity index (χ1v) is 4.33. The maximum Gasteiger partial charge on any atom is 0.0680 e. The largest absolute Gasteiger partial charge is 0.375 e. The van der Waals surface area contributed by atoms with Crippen molar-refractivity contribution in [1.82, 2.24) is 0 Å². The highest BCUT2D eigenvalue weighted by molar-refractivity contribution is 4.84. The number of rotatable bonds is 2. The summed E-state index contributed by atoms with van der Waals surface area (Å²) in [7, 11) is 0. The molecule has 1 fully saturated rings. The Morgan fingerprint density at radius 3 is 2.70 bits per heavy atom. The minimum Gasteiger partial charge on any atom is -0.375 e. The third-order valence-corrected chi connectivity index (χ3v) is 2.90. The normalized spacial score (nSPS) is 36.3. The van der Waals surface area contributed by atoms with Gasteiger partial charge in [0.15, 0.2) is 0 Å². The minimum absolute atomic E-state index is 0.203. The zero-order chi connectivity index (χ0) is 7.61. The number of hydrogen-bond donors (Lipinski definition) is 0. The molecule has 0 aromatic carbocycles. The van der Waals surface area contributed by atoms with Gasteiger partial charge in [-0.15, -0.1) is 0 Å². The summed E-state index contributed by atoms with van der Waals surface area (Å²) in [4.78, 5) is 0. The van der Waals surface area contributed by atoms with Crippen LogP contribution in [0, 0.1) is 5.92 Å². The van der Waals surface area contributed by atoms with Crippen LogP contribution < -0.4 is 0 Å². The van der Waals surface area contributed by atoms with Gasteiger partial charge in [0.2, 0.25) is 0 Å². The Balaban J connectivity index is 2.49. The molecule has 1 rings (SSSR count). The molecule has 0 spiro atoms. The molecule has 0 aromatic heterocycles. The molecule has 0 radical (unpaired) electrons. The fourth-order valence-corrected chi connectivity index (χ4v) is 1.62. The fourth-order valence-electron chi connectivity index (χ4n) is 1.62. The molecule has 1 heterocycles. The summed E-state index contributed by atoms with van der Waals surface area (Å²) in [6.07, 6.45) is 3.74.